The lowest BCUT2D eigenvalue weighted by atomic mass is 9.92. The van der Waals surface area contributed by atoms with Crippen LogP contribution in [-0.4, -0.2) is 93.5 Å². The fourth-order valence-electron chi connectivity index (χ4n) is 9.21. The molecule has 14 heteroatoms. The second-order valence-corrected chi connectivity index (χ2v) is 16.4. The molecule has 3 aliphatic heterocycles. The zero-order valence-electron chi connectivity index (χ0n) is 35.4. The molecule has 1 unspecified atom stereocenters. The molecule has 0 bridgehead atoms. The number of benzene rings is 4. The van der Waals surface area contributed by atoms with E-state index in [4.69, 9.17) is 19.3 Å². The Bertz CT molecular complexity index is 2640. The van der Waals surface area contributed by atoms with Gasteiger partial charge in [0, 0.05) is 97.2 Å². The number of rotatable bonds is 11. The van der Waals surface area contributed by atoms with Crippen molar-refractivity contribution in [3.63, 3.8) is 0 Å². The van der Waals surface area contributed by atoms with Crippen molar-refractivity contribution in [1.29, 1.82) is 0 Å². The molecule has 4 aromatic carbocycles. The number of aromatic nitrogens is 3. The Hall–Kier alpha value is -6.35. The minimum atomic E-state index is -0.452. The van der Waals surface area contributed by atoms with Crippen LogP contribution in [0.2, 0.25) is 0 Å². The van der Waals surface area contributed by atoms with Gasteiger partial charge in [0.1, 0.15) is 5.75 Å². The summed E-state index contributed by atoms with van der Waals surface area (Å²) in [6.07, 6.45) is 5.20. The molecule has 0 saturated carbocycles. The summed E-state index contributed by atoms with van der Waals surface area (Å²) in [5, 5.41) is 17.9. The number of non-ortho nitro benzene ring substituents is 1. The highest BCUT2D eigenvalue weighted by atomic mass is 16.6. The summed E-state index contributed by atoms with van der Waals surface area (Å²) in [5.74, 6) is 0.134. The van der Waals surface area contributed by atoms with E-state index in [-0.39, 0.29) is 36.3 Å². The Morgan fingerprint density at radius 3 is 2.50 bits per heavy atom. The molecule has 2 atom stereocenters. The predicted octanol–water partition coefficient (Wildman–Crippen LogP) is 7.71. The largest absolute Gasteiger partial charge is 0.496 e. The highest BCUT2D eigenvalue weighted by Gasteiger charge is 2.35. The van der Waals surface area contributed by atoms with E-state index in [2.05, 4.69) is 17.0 Å². The van der Waals surface area contributed by atoms with Crippen molar-refractivity contribution in [1.82, 2.24) is 24.1 Å². The summed E-state index contributed by atoms with van der Waals surface area (Å²) in [6.45, 7) is 6.64. The average Bonchev–Trinajstić information content (AvgIpc) is 3.87. The van der Waals surface area contributed by atoms with Gasteiger partial charge in [-0.05, 0) is 80.1 Å². The number of fused-ring (bicyclic) bond motifs is 2. The smallest absolute Gasteiger partial charge is 0.270 e. The minimum Gasteiger partial charge on any atom is -0.496 e. The quantitative estimate of drug-likeness (QED) is 0.0949. The molecule has 2 saturated heterocycles. The average molecular weight is 838 g/mol. The lowest BCUT2D eigenvalue weighted by Gasteiger charge is -2.40. The normalized spacial score (nSPS) is 18.1. The molecule has 9 rings (SSSR count). The van der Waals surface area contributed by atoms with E-state index in [1.807, 2.05) is 88.9 Å². The Morgan fingerprint density at radius 1 is 0.935 bits per heavy atom. The Morgan fingerprint density at radius 2 is 1.73 bits per heavy atom. The third-order valence-electron chi connectivity index (χ3n) is 12.8. The van der Waals surface area contributed by atoms with E-state index < -0.39 is 4.92 Å². The fourth-order valence-corrected chi connectivity index (χ4v) is 9.21. The molecule has 0 radical (unpaired) electrons. The summed E-state index contributed by atoms with van der Waals surface area (Å²) in [6, 6.07) is 27.7. The van der Waals surface area contributed by atoms with E-state index in [0.29, 0.717) is 78.8 Å². The molecule has 3 aliphatic rings. The van der Waals surface area contributed by atoms with E-state index in [1.54, 1.807) is 24.1 Å². The zero-order chi connectivity index (χ0) is 42.9. The molecule has 0 aliphatic carbocycles. The molecule has 320 valence electrons. The van der Waals surface area contributed by atoms with Gasteiger partial charge in [-0.15, -0.1) is 0 Å². The van der Waals surface area contributed by atoms with Crippen LogP contribution in [0.5, 0.6) is 5.75 Å². The highest BCUT2D eigenvalue weighted by molar-refractivity contribution is 6.09. The SMILES string of the molecule is COc1ccccc1CN(C(=O)c1cc(-c2cc([N+](=O)[O-])ccc2C(=O)N2Cc3ccccc3C[C@H]2CN2CCOCC2)n(C)c1C)c1ccc2cnn(C3CCCCO3)c2c1. The first-order chi connectivity index (χ1) is 30.2. The predicted molar refractivity (Wildman–Crippen MR) is 235 cm³/mol. The third kappa shape index (κ3) is 7.96. The Kier molecular flexibility index (Phi) is 11.6. The van der Waals surface area contributed by atoms with Gasteiger partial charge in [0.05, 0.1) is 49.1 Å². The molecular formula is C48H51N7O7. The maximum atomic E-state index is 15.2. The van der Waals surface area contributed by atoms with E-state index in [9.17, 15) is 10.1 Å². The van der Waals surface area contributed by atoms with E-state index in [1.165, 1.54) is 17.7 Å². The number of anilines is 1. The van der Waals surface area contributed by atoms with Crippen molar-refractivity contribution in [2.45, 2.75) is 58.0 Å². The molecule has 2 amide bonds. The molecule has 0 N–H and O–H groups in total. The fraction of sp³-hybridized carbons (Fsp3) is 0.354. The standard InChI is InChI=1S/C48H51N7O7/c1-32-41(48(57)52(30-36-12-6-7-13-45(36)60-3)37-16-15-34-28-49-54(43(34)26-37)46-14-8-9-21-62-46)27-44(50(32)2)42-25-38(55(58)59)17-18-40(42)47(56)53-29-35-11-5-4-10-33(35)24-39(53)31-51-19-22-61-23-20-51/h4-7,10-13,15-18,25-28,39,46H,8-9,14,19-24,29-31H2,1-3H3/t39-,46?/m0/s1. The van der Waals surface area contributed by atoms with Crippen LogP contribution >= 0.6 is 0 Å². The van der Waals surface area contributed by atoms with Gasteiger partial charge in [-0.1, -0.05) is 42.5 Å². The molecule has 6 aromatic rings. The van der Waals surface area contributed by atoms with Gasteiger partial charge in [0.2, 0.25) is 0 Å². The van der Waals surface area contributed by atoms with Crippen LogP contribution in [0.1, 0.15) is 68.6 Å². The van der Waals surface area contributed by atoms with Crippen molar-refractivity contribution >= 4 is 34.1 Å². The number of morpholine rings is 1. The minimum absolute atomic E-state index is 0.132. The number of carbonyl (C=O) groups is 2. The maximum Gasteiger partial charge on any atom is 0.270 e. The van der Waals surface area contributed by atoms with Gasteiger partial charge in [-0.2, -0.15) is 5.10 Å². The number of hydrogen-bond acceptors (Lipinski definition) is 9. The molecule has 0 spiro atoms. The summed E-state index contributed by atoms with van der Waals surface area (Å²) < 4.78 is 21.2. The molecule has 2 aromatic heterocycles. The first-order valence-corrected chi connectivity index (χ1v) is 21.3. The van der Waals surface area contributed by atoms with Gasteiger partial charge in [-0.25, -0.2) is 4.68 Å². The topological polar surface area (TPSA) is 137 Å². The number of carbonyl (C=O) groups excluding carboxylic acids is 2. The monoisotopic (exact) mass is 837 g/mol. The number of nitro benzene ring substituents is 1. The second kappa shape index (κ2) is 17.6. The summed E-state index contributed by atoms with van der Waals surface area (Å²) in [5.41, 5.74) is 6.70. The van der Waals surface area contributed by atoms with Crippen molar-refractivity contribution < 1.29 is 28.7 Å². The first kappa shape index (κ1) is 41.0. The van der Waals surface area contributed by atoms with Crippen LogP contribution < -0.4 is 9.64 Å². The third-order valence-corrected chi connectivity index (χ3v) is 12.8. The molecule has 62 heavy (non-hydrogen) atoms. The number of para-hydroxylation sites is 1. The summed E-state index contributed by atoms with van der Waals surface area (Å²) in [7, 11) is 3.44. The Labute approximate surface area is 360 Å². The van der Waals surface area contributed by atoms with E-state index in [0.717, 1.165) is 54.4 Å². The van der Waals surface area contributed by atoms with Crippen LogP contribution in [0, 0.1) is 17.0 Å². The van der Waals surface area contributed by atoms with Crippen molar-refractivity contribution in [2.24, 2.45) is 7.05 Å². The lowest BCUT2D eigenvalue weighted by molar-refractivity contribution is -0.384. The van der Waals surface area contributed by atoms with Crippen LogP contribution in [0.15, 0.2) is 97.2 Å². The maximum absolute atomic E-state index is 15.2. The molecular weight excluding hydrogens is 787 g/mol. The second-order valence-electron chi connectivity index (χ2n) is 16.4. The Balaban J connectivity index is 1.12. The lowest BCUT2D eigenvalue weighted by Crippen LogP contribution is -2.52. The van der Waals surface area contributed by atoms with Crippen molar-refractivity contribution in [2.75, 3.05) is 51.5 Å². The van der Waals surface area contributed by atoms with Crippen LogP contribution in [0.3, 0.4) is 0 Å². The van der Waals surface area contributed by atoms with Crippen LogP contribution in [0.25, 0.3) is 22.2 Å². The molecule has 2 fully saturated rings. The number of nitro groups is 1. The van der Waals surface area contributed by atoms with E-state index >= 15 is 9.59 Å². The van der Waals surface area contributed by atoms with Crippen molar-refractivity contribution in [3.8, 4) is 17.0 Å². The molecule has 14 nitrogen and oxygen atoms in total. The van der Waals surface area contributed by atoms with Gasteiger partial charge in [0.15, 0.2) is 6.23 Å². The number of hydrogen-bond donors (Lipinski definition) is 0. The van der Waals surface area contributed by atoms with Gasteiger partial charge in [0.25, 0.3) is 17.5 Å². The zero-order valence-corrected chi connectivity index (χ0v) is 35.4. The highest BCUT2D eigenvalue weighted by Crippen LogP contribution is 2.37. The number of nitrogens with zero attached hydrogens (tertiary/aromatic N) is 7. The summed E-state index contributed by atoms with van der Waals surface area (Å²) in [4.78, 5) is 48.1. The van der Waals surface area contributed by atoms with Gasteiger partial charge in [-0.3, -0.25) is 24.6 Å². The van der Waals surface area contributed by atoms with Gasteiger partial charge >= 0.3 is 0 Å². The molecule has 5 heterocycles. The van der Waals surface area contributed by atoms with Crippen LogP contribution in [0.4, 0.5) is 11.4 Å². The first-order valence-electron chi connectivity index (χ1n) is 21.3. The van der Waals surface area contributed by atoms with Crippen molar-refractivity contribution in [3.05, 3.63) is 141 Å². The number of methoxy groups -OCH3 is 1. The number of amides is 2. The van der Waals surface area contributed by atoms with Gasteiger partial charge < -0.3 is 28.6 Å². The summed E-state index contributed by atoms with van der Waals surface area (Å²) >= 11 is 0. The number of ether oxygens (including phenoxy) is 3. The van der Waals surface area contributed by atoms with Crippen LogP contribution in [-0.2, 0) is 36.0 Å².